The number of rotatable bonds is 6. The largest absolute Gasteiger partial charge is 0.383 e. The molecule has 0 fully saturated rings. The van der Waals surface area contributed by atoms with Gasteiger partial charge in [-0.15, -0.1) is 0 Å². The fourth-order valence-electron chi connectivity index (χ4n) is 2.16. The molecule has 2 heterocycles. The Bertz CT molecular complexity index is 669. The molecule has 2 aromatic heterocycles. The Hall–Kier alpha value is -1.67. The summed E-state index contributed by atoms with van der Waals surface area (Å²) in [7, 11) is 3.45. The van der Waals surface area contributed by atoms with Crippen LogP contribution >= 0.6 is 12.2 Å². The summed E-state index contributed by atoms with van der Waals surface area (Å²) in [6, 6.07) is 0. The maximum atomic E-state index is 11.9. The van der Waals surface area contributed by atoms with Crippen LogP contribution < -0.4 is 5.32 Å². The molecule has 8 heteroatoms. The van der Waals surface area contributed by atoms with E-state index in [1.54, 1.807) is 16.4 Å². The molecule has 2 aromatic rings. The lowest BCUT2D eigenvalue weighted by Gasteiger charge is -2.06. The summed E-state index contributed by atoms with van der Waals surface area (Å²) in [5.41, 5.74) is 2.70. The van der Waals surface area contributed by atoms with E-state index in [0.717, 1.165) is 23.3 Å². The minimum Gasteiger partial charge on any atom is -0.383 e. The lowest BCUT2D eigenvalue weighted by molar-refractivity contribution is -0.121. The Balaban J connectivity index is 2.26. The average molecular weight is 297 g/mol. The Morgan fingerprint density at radius 1 is 1.55 bits per heavy atom. The Morgan fingerprint density at radius 3 is 2.95 bits per heavy atom. The summed E-state index contributed by atoms with van der Waals surface area (Å²) in [5.74, 6) is -0.0988. The maximum Gasteiger partial charge on any atom is 0.240 e. The van der Waals surface area contributed by atoms with Gasteiger partial charge in [0.25, 0.3) is 0 Å². The van der Waals surface area contributed by atoms with Gasteiger partial charge in [0.2, 0.25) is 5.91 Å². The van der Waals surface area contributed by atoms with Gasteiger partial charge in [-0.3, -0.25) is 14.0 Å². The molecule has 0 aliphatic carbocycles. The Morgan fingerprint density at radius 2 is 2.30 bits per heavy atom. The van der Waals surface area contributed by atoms with Gasteiger partial charge in [-0.1, -0.05) is 6.92 Å². The van der Waals surface area contributed by atoms with E-state index < -0.39 is 0 Å². The predicted octanol–water partition coefficient (Wildman–Crippen LogP) is 0.757. The zero-order valence-electron chi connectivity index (χ0n) is 11.9. The number of aromatic nitrogens is 4. The lowest BCUT2D eigenvalue weighted by Crippen LogP contribution is -2.30. The van der Waals surface area contributed by atoms with Crippen molar-refractivity contribution in [3.63, 3.8) is 0 Å². The molecule has 0 spiro atoms. The molecule has 0 bridgehead atoms. The number of aryl methyl sites for hydroxylation is 2. The molecule has 0 saturated heterocycles. The highest BCUT2D eigenvalue weighted by Crippen LogP contribution is 2.17. The summed E-state index contributed by atoms with van der Waals surface area (Å²) in [6.07, 6.45) is 0.812. The smallest absolute Gasteiger partial charge is 0.240 e. The van der Waals surface area contributed by atoms with Crippen molar-refractivity contribution in [2.45, 2.75) is 19.9 Å². The number of nitrogens with one attached hydrogen (secondary N) is 2. The van der Waals surface area contributed by atoms with Crippen molar-refractivity contribution in [1.82, 2.24) is 24.6 Å². The normalized spacial score (nSPS) is 11.2. The van der Waals surface area contributed by atoms with Gasteiger partial charge in [-0.05, 0) is 18.6 Å². The minimum atomic E-state index is -0.0988. The Labute approximate surface area is 121 Å². The van der Waals surface area contributed by atoms with Gasteiger partial charge >= 0.3 is 0 Å². The third-order valence-electron chi connectivity index (χ3n) is 3.09. The highest BCUT2D eigenvalue weighted by molar-refractivity contribution is 7.71. The summed E-state index contributed by atoms with van der Waals surface area (Å²) in [6.45, 7) is 3.19. The van der Waals surface area contributed by atoms with Crippen molar-refractivity contribution in [3.05, 3.63) is 10.5 Å². The number of aromatic amines is 1. The van der Waals surface area contributed by atoms with Crippen LogP contribution in [-0.2, 0) is 29.5 Å². The molecule has 7 nitrogen and oxygen atoms in total. The molecule has 0 aromatic carbocycles. The fourth-order valence-corrected chi connectivity index (χ4v) is 2.42. The quantitative estimate of drug-likeness (QED) is 0.609. The first kappa shape index (κ1) is 14.7. The SMILES string of the molecule is CCc1nn(C)c2c1[nH]c(=S)n2CC(=O)NCCOC. The van der Waals surface area contributed by atoms with Gasteiger partial charge in [0.1, 0.15) is 12.1 Å². The van der Waals surface area contributed by atoms with Gasteiger partial charge in [-0.25, -0.2) is 0 Å². The zero-order valence-corrected chi connectivity index (χ0v) is 12.7. The molecule has 2 rings (SSSR count). The summed E-state index contributed by atoms with van der Waals surface area (Å²) in [5, 5.41) is 7.20. The second kappa shape index (κ2) is 6.19. The standard InChI is InChI=1S/C12H19N5O2S/c1-4-8-10-11(16(2)15-8)17(12(20)14-10)7-9(18)13-5-6-19-3/h4-7H2,1-3H3,(H,13,18)(H,14,20). The van der Waals surface area contributed by atoms with E-state index >= 15 is 0 Å². The van der Waals surface area contributed by atoms with Crippen molar-refractivity contribution < 1.29 is 9.53 Å². The molecule has 0 unspecified atom stereocenters. The van der Waals surface area contributed by atoms with Crippen molar-refractivity contribution in [1.29, 1.82) is 0 Å². The van der Waals surface area contributed by atoms with E-state index in [0.29, 0.717) is 17.9 Å². The third-order valence-corrected chi connectivity index (χ3v) is 3.41. The van der Waals surface area contributed by atoms with Gasteiger partial charge in [-0.2, -0.15) is 5.10 Å². The first-order chi connectivity index (χ1) is 9.58. The van der Waals surface area contributed by atoms with E-state index in [1.165, 1.54) is 0 Å². The summed E-state index contributed by atoms with van der Waals surface area (Å²) < 4.78 is 8.94. The fraction of sp³-hybridized carbons (Fsp3) is 0.583. The van der Waals surface area contributed by atoms with Crippen molar-refractivity contribution in [2.24, 2.45) is 7.05 Å². The van der Waals surface area contributed by atoms with E-state index in [2.05, 4.69) is 15.4 Å². The van der Waals surface area contributed by atoms with E-state index in [1.807, 2.05) is 14.0 Å². The summed E-state index contributed by atoms with van der Waals surface area (Å²) >= 11 is 5.29. The number of H-pyrrole nitrogens is 1. The molecule has 2 N–H and O–H groups in total. The molecule has 0 atom stereocenters. The van der Waals surface area contributed by atoms with Crippen LogP contribution in [0, 0.1) is 4.77 Å². The molecule has 0 saturated carbocycles. The van der Waals surface area contributed by atoms with Crippen LogP contribution in [0.4, 0.5) is 0 Å². The van der Waals surface area contributed by atoms with Crippen LogP contribution in [0.1, 0.15) is 12.6 Å². The molecule has 110 valence electrons. The average Bonchev–Trinajstić information content (AvgIpc) is 2.89. The number of imidazole rings is 1. The molecular weight excluding hydrogens is 278 g/mol. The zero-order chi connectivity index (χ0) is 14.7. The number of carbonyl (C=O) groups excluding carboxylic acids is 1. The monoisotopic (exact) mass is 297 g/mol. The first-order valence-corrected chi connectivity index (χ1v) is 6.89. The van der Waals surface area contributed by atoms with E-state index in [-0.39, 0.29) is 12.5 Å². The number of amides is 1. The first-order valence-electron chi connectivity index (χ1n) is 6.48. The van der Waals surface area contributed by atoms with Gasteiger partial charge in [0.05, 0.1) is 12.3 Å². The highest BCUT2D eigenvalue weighted by Gasteiger charge is 2.15. The van der Waals surface area contributed by atoms with Gasteiger partial charge in [0.15, 0.2) is 10.4 Å². The number of ether oxygens (including phenoxy) is 1. The van der Waals surface area contributed by atoms with Gasteiger partial charge < -0.3 is 15.0 Å². The van der Waals surface area contributed by atoms with Crippen LogP contribution in [0.2, 0.25) is 0 Å². The van der Waals surface area contributed by atoms with E-state index in [4.69, 9.17) is 17.0 Å². The second-order valence-electron chi connectivity index (χ2n) is 4.48. The lowest BCUT2D eigenvalue weighted by atomic mass is 10.3. The van der Waals surface area contributed by atoms with Crippen molar-refractivity contribution in [3.8, 4) is 0 Å². The van der Waals surface area contributed by atoms with Gasteiger partial charge in [0, 0.05) is 20.7 Å². The highest BCUT2D eigenvalue weighted by atomic mass is 32.1. The topological polar surface area (TPSA) is 76.9 Å². The molecule has 1 amide bonds. The second-order valence-corrected chi connectivity index (χ2v) is 4.87. The van der Waals surface area contributed by atoms with Crippen LogP contribution in [0.15, 0.2) is 0 Å². The molecule has 0 radical (unpaired) electrons. The molecule has 0 aliphatic rings. The maximum absolute atomic E-state index is 11.9. The van der Waals surface area contributed by atoms with Crippen LogP contribution in [0.25, 0.3) is 11.2 Å². The van der Waals surface area contributed by atoms with Crippen LogP contribution in [-0.4, -0.2) is 45.5 Å². The van der Waals surface area contributed by atoms with Crippen molar-refractivity contribution in [2.75, 3.05) is 20.3 Å². The number of hydrogen-bond acceptors (Lipinski definition) is 4. The molecule has 0 aliphatic heterocycles. The van der Waals surface area contributed by atoms with Crippen LogP contribution in [0.3, 0.4) is 0 Å². The predicted molar refractivity (Wildman–Crippen MR) is 78.2 cm³/mol. The minimum absolute atomic E-state index is 0.0988. The number of hydrogen-bond donors (Lipinski definition) is 2. The van der Waals surface area contributed by atoms with Crippen LogP contribution in [0.5, 0.6) is 0 Å². The number of methoxy groups -OCH3 is 1. The van der Waals surface area contributed by atoms with E-state index in [9.17, 15) is 4.79 Å². The molecule has 20 heavy (non-hydrogen) atoms. The number of nitrogens with zero attached hydrogens (tertiary/aromatic N) is 3. The Kier molecular flexibility index (Phi) is 4.56. The molecular formula is C12H19N5O2S. The number of carbonyl (C=O) groups is 1. The number of fused-ring (bicyclic) bond motifs is 1. The third kappa shape index (κ3) is 2.75. The van der Waals surface area contributed by atoms with Crippen molar-refractivity contribution >= 4 is 29.3 Å². The summed E-state index contributed by atoms with van der Waals surface area (Å²) in [4.78, 5) is 15.0.